The number of ketones is 1. The minimum Gasteiger partial charge on any atom is -0.349 e. The summed E-state index contributed by atoms with van der Waals surface area (Å²) in [5, 5.41) is 11.9. The molecule has 3 rings (SSSR count). The molecule has 0 saturated carbocycles. The number of nitrogens with zero attached hydrogens (tertiary/aromatic N) is 3. The van der Waals surface area contributed by atoms with Crippen molar-refractivity contribution in [1.82, 2.24) is 20.1 Å². The first kappa shape index (κ1) is 21.0. The predicted octanol–water partition coefficient (Wildman–Crippen LogP) is 4.53. The Kier molecular flexibility index (Phi) is 6.67. The summed E-state index contributed by atoms with van der Waals surface area (Å²) in [5.41, 5.74) is 1.32. The van der Waals surface area contributed by atoms with E-state index in [1.54, 1.807) is 54.0 Å². The van der Waals surface area contributed by atoms with Crippen LogP contribution in [-0.2, 0) is 11.3 Å². The second kappa shape index (κ2) is 9.20. The van der Waals surface area contributed by atoms with E-state index in [4.69, 9.17) is 23.2 Å². The standard InChI is InChI=1S/C21H20Cl2N4O2/c1-3-6-20(28)24-12-19-26-25-13(2)27(19)18-10-9-14(22)11-16(18)21(29)15-7-4-5-8-17(15)23/h4-5,7-11H,3,6,12H2,1-2H3,(H,24,28). The molecular formula is C21H20Cl2N4O2. The number of benzene rings is 2. The number of aryl methyl sites for hydroxylation is 1. The summed E-state index contributed by atoms with van der Waals surface area (Å²) in [5.74, 6) is 0.771. The largest absolute Gasteiger partial charge is 0.349 e. The molecule has 1 N–H and O–H groups in total. The van der Waals surface area contributed by atoms with Crippen LogP contribution in [0, 0.1) is 6.92 Å². The molecule has 2 aromatic carbocycles. The number of amides is 1. The van der Waals surface area contributed by atoms with Crippen LogP contribution in [0.15, 0.2) is 42.5 Å². The molecule has 1 amide bonds. The van der Waals surface area contributed by atoms with Crippen molar-refractivity contribution in [1.29, 1.82) is 0 Å². The van der Waals surface area contributed by atoms with Gasteiger partial charge in [0, 0.05) is 22.6 Å². The van der Waals surface area contributed by atoms with Gasteiger partial charge in [-0.05, 0) is 43.7 Å². The van der Waals surface area contributed by atoms with Crippen LogP contribution in [0.1, 0.15) is 47.3 Å². The number of aromatic nitrogens is 3. The van der Waals surface area contributed by atoms with Crippen molar-refractivity contribution < 1.29 is 9.59 Å². The SMILES string of the molecule is CCCC(=O)NCc1nnc(C)n1-c1ccc(Cl)cc1C(=O)c1ccccc1Cl. The summed E-state index contributed by atoms with van der Waals surface area (Å²) >= 11 is 12.4. The molecule has 0 aliphatic rings. The van der Waals surface area contributed by atoms with Crippen LogP contribution in [0.25, 0.3) is 5.69 Å². The first-order valence-corrected chi connectivity index (χ1v) is 9.94. The molecule has 150 valence electrons. The van der Waals surface area contributed by atoms with E-state index in [1.807, 2.05) is 6.92 Å². The fraction of sp³-hybridized carbons (Fsp3) is 0.238. The number of carbonyl (C=O) groups is 2. The molecule has 6 nitrogen and oxygen atoms in total. The summed E-state index contributed by atoms with van der Waals surface area (Å²) in [7, 11) is 0. The van der Waals surface area contributed by atoms with Gasteiger partial charge in [-0.15, -0.1) is 10.2 Å². The van der Waals surface area contributed by atoms with E-state index < -0.39 is 0 Å². The Morgan fingerprint density at radius 3 is 2.55 bits per heavy atom. The molecule has 0 spiro atoms. The van der Waals surface area contributed by atoms with Crippen LogP contribution in [0.5, 0.6) is 0 Å². The minimum absolute atomic E-state index is 0.0665. The van der Waals surface area contributed by atoms with Crippen molar-refractivity contribution in [2.75, 3.05) is 0 Å². The number of halogens is 2. The molecule has 1 heterocycles. The number of rotatable bonds is 7. The smallest absolute Gasteiger partial charge is 0.220 e. The molecule has 0 aliphatic carbocycles. The maximum Gasteiger partial charge on any atom is 0.220 e. The third-order valence-corrected chi connectivity index (χ3v) is 4.94. The van der Waals surface area contributed by atoms with Gasteiger partial charge in [0.1, 0.15) is 5.82 Å². The van der Waals surface area contributed by atoms with Gasteiger partial charge in [-0.25, -0.2) is 0 Å². The van der Waals surface area contributed by atoms with Crippen molar-refractivity contribution >= 4 is 34.9 Å². The van der Waals surface area contributed by atoms with Crippen molar-refractivity contribution in [3.05, 3.63) is 75.3 Å². The van der Waals surface area contributed by atoms with E-state index in [0.717, 1.165) is 6.42 Å². The summed E-state index contributed by atoms with van der Waals surface area (Å²) in [6.07, 6.45) is 1.19. The lowest BCUT2D eigenvalue weighted by Crippen LogP contribution is -2.24. The maximum atomic E-state index is 13.2. The van der Waals surface area contributed by atoms with Crippen LogP contribution >= 0.6 is 23.2 Å². The van der Waals surface area contributed by atoms with Gasteiger partial charge in [0.2, 0.25) is 5.91 Å². The Hall–Kier alpha value is -2.70. The Labute approximate surface area is 178 Å². The Morgan fingerprint density at radius 2 is 1.83 bits per heavy atom. The van der Waals surface area contributed by atoms with E-state index in [-0.39, 0.29) is 18.2 Å². The molecule has 3 aromatic rings. The van der Waals surface area contributed by atoms with E-state index in [2.05, 4.69) is 15.5 Å². The quantitative estimate of drug-likeness (QED) is 0.558. The molecule has 0 saturated heterocycles. The highest BCUT2D eigenvalue weighted by Gasteiger charge is 2.21. The van der Waals surface area contributed by atoms with Crippen molar-refractivity contribution in [3.63, 3.8) is 0 Å². The van der Waals surface area contributed by atoms with E-state index in [1.165, 1.54) is 0 Å². The first-order chi connectivity index (χ1) is 13.9. The van der Waals surface area contributed by atoms with Gasteiger partial charge in [0.05, 0.1) is 17.3 Å². The normalized spacial score (nSPS) is 10.8. The van der Waals surface area contributed by atoms with Gasteiger partial charge >= 0.3 is 0 Å². The van der Waals surface area contributed by atoms with Crippen molar-refractivity contribution in [2.24, 2.45) is 0 Å². The molecule has 0 unspecified atom stereocenters. The van der Waals surface area contributed by atoms with Gasteiger partial charge in [0.25, 0.3) is 0 Å². The van der Waals surface area contributed by atoms with Gasteiger partial charge < -0.3 is 5.32 Å². The minimum atomic E-state index is -0.262. The fourth-order valence-electron chi connectivity index (χ4n) is 3.00. The lowest BCUT2D eigenvalue weighted by atomic mass is 10.0. The van der Waals surface area contributed by atoms with E-state index in [9.17, 15) is 9.59 Å². The zero-order chi connectivity index (χ0) is 21.0. The Balaban J connectivity index is 2.05. The second-order valence-corrected chi connectivity index (χ2v) is 7.34. The molecule has 0 bridgehead atoms. The average molecular weight is 431 g/mol. The first-order valence-electron chi connectivity index (χ1n) is 9.19. The Morgan fingerprint density at radius 1 is 1.07 bits per heavy atom. The lowest BCUT2D eigenvalue weighted by Gasteiger charge is -2.15. The van der Waals surface area contributed by atoms with Crippen LogP contribution < -0.4 is 5.32 Å². The monoisotopic (exact) mass is 430 g/mol. The average Bonchev–Trinajstić information content (AvgIpc) is 3.07. The third-order valence-electron chi connectivity index (χ3n) is 4.38. The predicted molar refractivity (Wildman–Crippen MR) is 113 cm³/mol. The molecule has 1 aromatic heterocycles. The number of carbonyl (C=O) groups excluding carboxylic acids is 2. The fourth-order valence-corrected chi connectivity index (χ4v) is 3.40. The van der Waals surface area contributed by atoms with Gasteiger partial charge in [0.15, 0.2) is 11.6 Å². The molecule has 0 fully saturated rings. The molecular weight excluding hydrogens is 411 g/mol. The van der Waals surface area contributed by atoms with Crippen molar-refractivity contribution in [3.8, 4) is 5.69 Å². The number of nitrogens with one attached hydrogen (secondary N) is 1. The maximum absolute atomic E-state index is 13.2. The van der Waals surface area contributed by atoms with E-state index in [0.29, 0.717) is 44.9 Å². The van der Waals surface area contributed by atoms with Gasteiger partial charge in [-0.1, -0.05) is 42.3 Å². The van der Waals surface area contributed by atoms with Crippen molar-refractivity contribution in [2.45, 2.75) is 33.2 Å². The molecule has 0 aliphatic heterocycles. The number of hydrogen-bond donors (Lipinski definition) is 1. The third kappa shape index (κ3) is 4.66. The van der Waals surface area contributed by atoms with Crippen LogP contribution in [0.3, 0.4) is 0 Å². The van der Waals surface area contributed by atoms with Crippen LogP contribution in [0.2, 0.25) is 10.0 Å². The summed E-state index contributed by atoms with van der Waals surface area (Å²) in [4.78, 5) is 25.1. The summed E-state index contributed by atoms with van der Waals surface area (Å²) in [6, 6.07) is 11.9. The van der Waals surface area contributed by atoms with Gasteiger partial charge in [-0.3, -0.25) is 14.2 Å². The highest BCUT2D eigenvalue weighted by molar-refractivity contribution is 6.35. The molecule has 0 radical (unpaired) electrons. The second-order valence-electron chi connectivity index (χ2n) is 6.50. The highest BCUT2D eigenvalue weighted by Crippen LogP contribution is 2.27. The lowest BCUT2D eigenvalue weighted by molar-refractivity contribution is -0.121. The zero-order valence-electron chi connectivity index (χ0n) is 16.1. The topological polar surface area (TPSA) is 76.9 Å². The Bertz CT molecular complexity index is 1060. The molecule has 8 heteroatoms. The molecule has 29 heavy (non-hydrogen) atoms. The van der Waals surface area contributed by atoms with Crippen LogP contribution in [0.4, 0.5) is 0 Å². The van der Waals surface area contributed by atoms with E-state index >= 15 is 0 Å². The zero-order valence-corrected chi connectivity index (χ0v) is 17.6. The summed E-state index contributed by atoms with van der Waals surface area (Å²) < 4.78 is 1.74. The summed E-state index contributed by atoms with van der Waals surface area (Å²) in [6.45, 7) is 3.91. The van der Waals surface area contributed by atoms with Gasteiger partial charge in [-0.2, -0.15) is 0 Å². The van der Waals surface area contributed by atoms with Crippen LogP contribution in [-0.4, -0.2) is 26.5 Å². The number of hydrogen-bond acceptors (Lipinski definition) is 4. The molecule has 0 atom stereocenters. The highest BCUT2D eigenvalue weighted by atomic mass is 35.5.